The molecule has 0 aliphatic carbocycles. The molecule has 0 unspecified atom stereocenters. The van der Waals surface area contributed by atoms with Crippen LogP contribution in [-0.2, 0) is 13.9 Å². The number of ether oxygens (including phenoxy) is 2. The molecule has 264 valence electrons. The summed E-state index contributed by atoms with van der Waals surface area (Å²) in [5.74, 6) is -0.117. The second kappa shape index (κ2) is 17.2. The van der Waals surface area contributed by atoms with E-state index in [9.17, 15) is 10.2 Å². The third-order valence-electron chi connectivity index (χ3n) is 10.8. The highest BCUT2D eigenvalue weighted by molar-refractivity contribution is 6.99. The summed E-state index contributed by atoms with van der Waals surface area (Å²) in [6, 6.07) is 21.7. The highest BCUT2D eigenvalue weighted by Gasteiger charge is 2.51. The molecule has 1 fully saturated rings. The third kappa shape index (κ3) is 9.89. The largest absolute Gasteiger partial charge is 0.407 e. The lowest BCUT2D eigenvalue weighted by Gasteiger charge is -2.50. The van der Waals surface area contributed by atoms with Gasteiger partial charge in [0, 0.05) is 18.4 Å². The lowest BCUT2D eigenvalue weighted by atomic mass is 9.77. The molecule has 9 atom stereocenters. The number of benzene rings is 2. The van der Waals surface area contributed by atoms with Crippen molar-refractivity contribution in [3.05, 3.63) is 73.3 Å². The number of aliphatic hydroxyl groups excluding tert-OH is 2. The molecule has 0 bridgehead atoms. The lowest BCUT2D eigenvalue weighted by Crippen LogP contribution is -2.67. The van der Waals surface area contributed by atoms with Gasteiger partial charge in [-0.2, -0.15) is 0 Å². The van der Waals surface area contributed by atoms with Crippen LogP contribution in [0.3, 0.4) is 0 Å². The summed E-state index contributed by atoms with van der Waals surface area (Å²) in [7, 11) is -2.63. The normalized spacial score (nSPS) is 24.1. The highest BCUT2D eigenvalue weighted by atomic mass is 28.4. The molecule has 1 aliphatic heterocycles. The zero-order chi connectivity index (χ0) is 35.0. The van der Waals surface area contributed by atoms with E-state index < -0.39 is 26.3 Å². The van der Waals surface area contributed by atoms with Crippen molar-refractivity contribution < 1.29 is 24.1 Å². The smallest absolute Gasteiger partial charge is 0.261 e. The fourth-order valence-corrected chi connectivity index (χ4v) is 12.4. The molecule has 47 heavy (non-hydrogen) atoms. The minimum Gasteiger partial charge on any atom is -0.407 e. The number of aliphatic hydroxyl groups is 2. The van der Waals surface area contributed by atoms with Crippen molar-refractivity contribution in [3.8, 4) is 0 Å². The first-order valence-corrected chi connectivity index (χ1v) is 20.1. The van der Waals surface area contributed by atoms with Gasteiger partial charge < -0.3 is 24.1 Å². The second-order valence-electron chi connectivity index (χ2n) is 16.0. The molecule has 0 amide bonds. The van der Waals surface area contributed by atoms with E-state index in [-0.39, 0.29) is 40.9 Å². The van der Waals surface area contributed by atoms with Crippen LogP contribution in [0.15, 0.2) is 73.3 Å². The van der Waals surface area contributed by atoms with E-state index in [4.69, 9.17) is 13.9 Å². The van der Waals surface area contributed by atoms with Gasteiger partial charge in [0.1, 0.15) is 0 Å². The number of hydrogen-bond acceptors (Lipinski definition) is 5. The predicted octanol–water partition coefficient (Wildman–Crippen LogP) is 8.12. The van der Waals surface area contributed by atoms with Gasteiger partial charge in [-0.1, -0.05) is 129 Å². The van der Waals surface area contributed by atoms with E-state index in [0.29, 0.717) is 18.9 Å². The van der Waals surface area contributed by atoms with Crippen molar-refractivity contribution in [2.24, 2.45) is 29.6 Å². The number of rotatable bonds is 17. The zero-order valence-corrected chi connectivity index (χ0v) is 32.1. The van der Waals surface area contributed by atoms with Crippen LogP contribution in [0.5, 0.6) is 0 Å². The molecule has 0 spiro atoms. The molecule has 2 aromatic carbocycles. The van der Waals surface area contributed by atoms with Gasteiger partial charge in [0.25, 0.3) is 8.32 Å². The maximum absolute atomic E-state index is 11.3. The Morgan fingerprint density at radius 2 is 1.43 bits per heavy atom. The van der Waals surface area contributed by atoms with Gasteiger partial charge in [-0.15, -0.1) is 6.58 Å². The maximum atomic E-state index is 11.3. The second-order valence-corrected chi connectivity index (χ2v) is 20.3. The summed E-state index contributed by atoms with van der Waals surface area (Å²) in [5.41, 5.74) is 0. The molecule has 3 rings (SSSR count). The van der Waals surface area contributed by atoms with Gasteiger partial charge in [0.05, 0.1) is 24.4 Å². The van der Waals surface area contributed by atoms with E-state index >= 15 is 0 Å². The molecule has 5 nitrogen and oxygen atoms in total. The third-order valence-corrected chi connectivity index (χ3v) is 15.8. The van der Waals surface area contributed by atoms with Crippen molar-refractivity contribution >= 4 is 18.7 Å². The zero-order valence-electron chi connectivity index (χ0n) is 31.1. The molecule has 2 N–H and O–H groups in total. The maximum Gasteiger partial charge on any atom is 0.261 e. The van der Waals surface area contributed by atoms with Crippen LogP contribution >= 0.6 is 0 Å². The van der Waals surface area contributed by atoms with Crippen LogP contribution in [0.2, 0.25) is 5.04 Å². The summed E-state index contributed by atoms with van der Waals surface area (Å²) in [5, 5.41) is 24.7. The number of allylic oxidation sites excluding steroid dienone is 1. The van der Waals surface area contributed by atoms with Crippen LogP contribution in [0.25, 0.3) is 0 Å². The van der Waals surface area contributed by atoms with Crippen LogP contribution in [0.4, 0.5) is 0 Å². The molecule has 0 saturated carbocycles. The van der Waals surface area contributed by atoms with Crippen LogP contribution < -0.4 is 10.4 Å². The van der Waals surface area contributed by atoms with Crippen LogP contribution in [0, 0.1) is 29.6 Å². The highest BCUT2D eigenvalue weighted by Crippen LogP contribution is 2.41. The molecule has 1 saturated heterocycles. The lowest BCUT2D eigenvalue weighted by molar-refractivity contribution is -0.338. The Morgan fingerprint density at radius 3 is 1.91 bits per heavy atom. The average Bonchev–Trinajstić information content (AvgIpc) is 3.03. The van der Waals surface area contributed by atoms with E-state index in [1.54, 1.807) is 0 Å². The van der Waals surface area contributed by atoms with Gasteiger partial charge in [-0.3, -0.25) is 0 Å². The predicted molar refractivity (Wildman–Crippen MR) is 199 cm³/mol. The molecular formula is C41H66O5Si. The van der Waals surface area contributed by atoms with Crippen molar-refractivity contribution in [3.63, 3.8) is 0 Å². The first-order valence-electron chi connectivity index (χ1n) is 18.2. The van der Waals surface area contributed by atoms with E-state index in [1.165, 1.54) is 10.4 Å². The van der Waals surface area contributed by atoms with E-state index in [2.05, 4.69) is 116 Å². The first kappa shape index (κ1) is 39.6. The molecular weight excluding hydrogens is 601 g/mol. The van der Waals surface area contributed by atoms with Gasteiger partial charge >= 0.3 is 0 Å². The van der Waals surface area contributed by atoms with Gasteiger partial charge in [-0.25, -0.2) is 0 Å². The SMILES string of the molecule is C=CCC[C@H](C)[C@@H](O)C[C@H](O)[C@H](C)[C@@H]1OC(C)(C)O[C@@H]([C@@H](C)C[C@H](CC)CO[Si](c2ccccc2)(c2ccccc2)C(C)(C)C)[C@H]1C. The summed E-state index contributed by atoms with van der Waals surface area (Å²) < 4.78 is 20.5. The van der Waals surface area contributed by atoms with Crippen molar-refractivity contribution in [1.82, 2.24) is 0 Å². The fraction of sp³-hybridized carbons (Fsp3) is 0.659. The van der Waals surface area contributed by atoms with Crippen molar-refractivity contribution in [2.75, 3.05) is 6.61 Å². The van der Waals surface area contributed by atoms with Crippen LogP contribution in [0.1, 0.15) is 101 Å². The summed E-state index contributed by atoms with van der Waals surface area (Å²) >= 11 is 0. The summed E-state index contributed by atoms with van der Waals surface area (Å²) in [6.45, 7) is 26.3. The quantitative estimate of drug-likeness (QED) is 0.132. The van der Waals surface area contributed by atoms with Gasteiger partial charge in [-0.05, 0) is 72.7 Å². The standard InChI is InChI=1S/C41H66O5Si/c1-12-14-21-29(3)36(42)27-37(43)31(5)39-32(6)38(45-41(10,11)46-39)30(4)26-33(13-2)28-44-47(40(7,8)9,34-22-17-15-18-23-34)35-24-19-16-20-25-35/h12,15-20,22-25,29-33,36-39,42-43H,1,13-14,21,26-28H2,2-11H3/t29-,30-,31-,32+,33-,36-,37-,38-,39-/m0/s1. The molecule has 6 heteroatoms. The average molecular weight is 667 g/mol. The summed E-state index contributed by atoms with van der Waals surface area (Å²) in [4.78, 5) is 0. The van der Waals surface area contributed by atoms with Crippen LogP contribution in [-0.4, -0.2) is 55.3 Å². The Kier molecular flexibility index (Phi) is 14.5. The monoisotopic (exact) mass is 666 g/mol. The molecule has 1 aliphatic rings. The Labute approximate surface area is 288 Å². The summed E-state index contributed by atoms with van der Waals surface area (Å²) in [6.07, 6.45) is 4.48. The molecule has 0 radical (unpaired) electrons. The first-order chi connectivity index (χ1) is 22.1. The van der Waals surface area contributed by atoms with Crippen molar-refractivity contribution in [2.45, 2.75) is 137 Å². The Morgan fingerprint density at radius 1 is 0.894 bits per heavy atom. The minimum absolute atomic E-state index is 0.0308. The molecule has 1 heterocycles. The minimum atomic E-state index is -2.63. The van der Waals surface area contributed by atoms with E-state index in [0.717, 1.165) is 25.7 Å². The topological polar surface area (TPSA) is 68.2 Å². The number of hydrogen-bond donors (Lipinski definition) is 2. The Balaban J connectivity index is 1.78. The Hall–Kier alpha value is -1.80. The van der Waals surface area contributed by atoms with Gasteiger partial charge in [0.2, 0.25) is 0 Å². The molecule has 2 aromatic rings. The fourth-order valence-electron chi connectivity index (χ4n) is 7.81. The Bertz CT molecular complexity index is 1160. The van der Waals surface area contributed by atoms with E-state index in [1.807, 2.05) is 26.8 Å². The van der Waals surface area contributed by atoms with Crippen molar-refractivity contribution in [1.29, 1.82) is 0 Å². The molecule has 0 aromatic heterocycles. The van der Waals surface area contributed by atoms with Gasteiger partial charge in [0.15, 0.2) is 5.79 Å².